The maximum Gasteiger partial charge on any atom is 0.309 e. The lowest BCUT2D eigenvalue weighted by atomic mass is 9.96. The highest BCUT2D eigenvalue weighted by Gasteiger charge is 2.21. The van der Waals surface area contributed by atoms with Crippen LogP contribution in [0.2, 0.25) is 0 Å². The number of benzene rings is 1. The van der Waals surface area contributed by atoms with Crippen LogP contribution in [0.5, 0.6) is 0 Å². The summed E-state index contributed by atoms with van der Waals surface area (Å²) < 4.78 is 0. The predicted molar refractivity (Wildman–Crippen MR) is 108 cm³/mol. The Morgan fingerprint density at radius 1 is 0.964 bits per heavy atom. The second-order valence-corrected chi connectivity index (χ2v) is 7.45. The molecule has 0 saturated carbocycles. The van der Waals surface area contributed by atoms with Crippen LogP contribution in [0.3, 0.4) is 0 Å². The number of likely N-dealkylation sites (tertiary alicyclic amines) is 1. The standard InChI is InChI=1S/C22H28N4O2/c1-17-2-4-18(5-3-17)14-24-21(27)22(28)25-15-19-8-12-26(13-9-19)16-20-6-10-23-11-7-20/h2-7,10-11,19H,8-9,12-16H2,1H3,(H,24,27)(H,25,28). The number of nitrogens with one attached hydrogen (secondary N) is 2. The molecule has 1 aliphatic rings. The SMILES string of the molecule is Cc1ccc(CNC(=O)C(=O)NCC2CCN(Cc3ccncc3)CC2)cc1. The van der Waals surface area contributed by atoms with Gasteiger partial charge in [0.15, 0.2) is 0 Å². The molecule has 1 aromatic carbocycles. The average molecular weight is 380 g/mol. The van der Waals surface area contributed by atoms with E-state index in [0.717, 1.165) is 38.0 Å². The zero-order valence-corrected chi connectivity index (χ0v) is 16.4. The summed E-state index contributed by atoms with van der Waals surface area (Å²) in [7, 11) is 0. The largest absolute Gasteiger partial charge is 0.348 e. The van der Waals surface area contributed by atoms with Crippen LogP contribution in [0.25, 0.3) is 0 Å². The molecule has 2 N–H and O–H groups in total. The fourth-order valence-corrected chi connectivity index (χ4v) is 3.38. The molecule has 0 radical (unpaired) electrons. The topological polar surface area (TPSA) is 74.3 Å². The molecule has 0 spiro atoms. The minimum Gasteiger partial charge on any atom is -0.348 e. The molecule has 2 heterocycles. The van der Waals surface area contributed by atoms with Gasteiger partial charge >= 0.3 is 11.8 Å². The highest BCUT2D eigenvalue weighted by atomic mass is 16.2. The smallest absolute Gasteiger partial charge is 0.309 e. The van der Waals surface area contributed by atoms with E-state index < -0.39 is 11.8 Å². The number of amides is 2. The van der Waals surface area contributed by atoms with Crippen molar-refractivity contribution in [1.82, 2.24) is 20.5 Å². The molecular formula is C22H28N4O2. The van der Waals surface area contributed by atoms with E-state index in [2.05, 4.69) is 20.5 Å². The number of hydrogen-bond acceptors (Lipinski definition) is 4. The van der Waals surface area contributed by atoms with Crippen molar-refractivity contribution in [3.63, 3.8) is 0 Å². The van der Waals surface area contributed by atoms with Crippen LogP contribution >= 0.6 is 0 Å². The summed E-state index contributed by atoms with van der Waals surface area (Å²) in [6.07, 6.45) is 5.69. The van der Waals surface area contributed by atoms with E-state index >= 15 is 0 Å². The van der Waals surface area contributed by atoms with Gasteiger partial charge in [0.25, 0.3) is 0 Å². The van der Waals surface area contributed by atoms with Crippen molar-refractivity contribution in [2.45, 2.75) is 32.9 Å². The van der Waals surface area contributed by atoms with Crippen molar-refractivity contribution in [3.05, 3.63) is 65.5 Å². The third kappa shape index (κ3) is 6.16. The van der Waals surface area contributed by atoms with Gasteiger partial charge in [0.1, 0.15) is 0 Å². The third-order valence-corrected chi connectivity index (χ3v) is 5.19. The first-order valence-electron chi connectivity index (χ1n) is 9.83. The summed E-state index contributed by atoms with van der Waals surface area (Å²) in [5, 5.41) is 5.46. The number of carbonyl (C=O) groups is 2. The van der Waals surface area contributed by atoms with Crippen molar-refractivity contribution in [2.24, 2.45) is 5.92 Å². The summed E-state index contributed by atoms with van der Waals surface area (Å²) in [5.74, 6) is -0.704. The number of pyridine rings is 1. The lowest BCUT2D eigenvalue weighted by molar-refractivity contribution is -0.139. The van der Waals surface area contributed by atoms with Gasteiger partial charge in [0.05, 0.1) is 0 Å². The molecule has 3 rings (SSSR count). The van der Waals surface area contributed by atoms with Gasteiger partial charge < -0.3 is 10.6 Å². The number of aryl methyl sites for hydroxylation is 1. The van der Waals surface area contributed by atoms with Gasteiger partial charge in [-0.1, -0.05) is 29.8 Å². The fourth-order valence-electron chi connectivity index (χ4n) is 3.38. The highest BCUT2D eigenvalue weighted by molar-refractivity contribution is 6.35. The molecule has 0 atom stereocenters. The molecule has 148 valence electrons. The monoisotopic (exact) mass is 380 g/mol. The van der Waals surface area contributed by atoms with Crippen LogP contribution in [-0.4, -0.2) is 41.3 Å². The van der Waals surface area contributed by atoms with Crippen LogP contribution in [0, 0.1) is 12.8 Å². The summed E-state index contributed by atoms with van der Waals surface area (Å²) in [5.41, 5.74) is 3.42. The van der Waals surface area contributed by atoms with Gasteiger partial charge in [-0.3, -0.25) is 19.5 Å². The van der Waals surface area contributed by atoms with Crippen LogP contribution in [-0.2, 0) is 22.7 Å². The summed E-state index contributed by atoms with van der Waals surface area (Å²) >= 11 is 0. The fraction of sp³-hybridized carbons (Fsp3) is 0.409. The number of aromatic nitrogens is 1. The van der Waals surface area contributed by atoms with Gasteiger partial charge in [-0.25, -0.2) is 0 Å². The van der Waals surface area contributed by atoms with E-state index in [-0.39, 0.29) is 0 Å². The Balaban J connectivity index is 1.33. The van der Waals surface area contributed by atoms with Crippen molar-refractivity contribution in [1.29, 1.82) is 0 Å². The van der Waals surface area contributed by atoms with Crippen molar-refractivity contribution < 1.29 is 9.59 Å². The van der Waals surface area contributed by atoms with Crippen LogP contribution in [0.1, 0.15) is 29.5 Å². The van der Waals surface area contributed by atoms with Crippen molar-refractivity contribution >= 4 is 11.8 Å². The highest BCUT2D eigenvalue weighted by Crippen LogP contribution is 2.18. The summed E-state index contributed by atoms with van der Waals surface area (Å²) in [6, 6.07) is 12.0. The Bertz CT molecular complexity index is 769. The van der Waals surface area contributed by atoms with Gasteiger partial charge in [0.2, 0.25) is 0 Å². The molecule has 2 amide bonds. The van der Waals surface area contributed by atoms with E-state index in [9.17, 15) is 9.59 Å². The zero-order chi connectivity index (χ0) is 19.8. The van der Waals surface area contributed by atoms with Crippen LogP contribution < -0.4 is 10.6 Å². The van der Waals surface area contributed by atoms with Gasteiger partial charge in [0, 0.05) is 32.0 Å². The first kappa shape index (κ1) is 20.0. The summed E-state index contributed by atoms with van der Waals surface area (Å²) in [6.45, 7) is 5.87. The number of carbonyl (C=O) groups excluding carboxylic acids is 2. The molecule has 0 bridgehead atoms. The number of piperidine rings is 1. The van der Waals surface area contributed by atoms with E-state index in [4.69, 9.17) is 0 Å². The van der Waals surface area contributed by atoms with E-state index in [1.54, 1.807) is 0 Å². The van der Waals surface area contributed by atoms with Gasteiger partial charge in [-0.15, -0.1) is 0 Å². The molecule has 1 saturated heterocycles. The molecular weight excluding hydrogens is 352 g/mol. The predicted octanol–water partition coefficient (Wildman–Crippen LogP) is 2.03. The maximum absolute atomic E-state index is 12.0. The van der Waals surface area contributed by atoms with Gasteiger partial charge in [-0.2, -0.15) is 0 Å². The molecule has 0 unspecified atom stereocenters. The quantitative estimate of drug-likeness (QED) is 0.752. The average Bonchev–Trinajstić information content (AvgIpc) is 2.73. The maximum atomic E-state index is 12.0. The van der Waals surface area contributed by atoms with Crippen molar-refractivity contribution in [3.8, 4) is 0 Å². The summed E-state index contributed by atoms with van der Waals surface area (Å²) in [4.78, 5) is 30.5. The number of nitrogens with zero attached hydrogens (tertiary/aromatic N) is 2. The molecule has 1 aliphatic heterocycles. The Kier molecular flexibility index (Phi) is 7.14. The number of rotatable bonds is 6. The molecule has 1 fully saturated rings. The number of hydrogen-bond donors (Lipinski definition) is 2. The molecule has 6 nitrogen and oxygen atoms in total. The van der Waals surface area contributed by atoms with Gasteiger partial charge in [-0.05, 0) is 62.0 Å². The normalized spacial score (nSPS) is 15.2. The lowest BCUT2D eigenvalue weighted by Gasteiger charge is -2.32. The Labute approximate surface area is 166 Å². The molecule has 6 heteroatoms. The Morgan fingerprint density at radius 3 is 2.29 bits per heavy atom. The minimum absolute atomic E-state index is 0.361. The second kappa shape index (κ2) is 9.99. The molecule has 2 aromatic rings. The zero-order valence-electron chi connectivity index (χ0n) is 16.4. The molecule has 28 heavy (non-hydrogen) atoms. The van der Waals surface area contributed by atoms with E-state index in [1.807, 2.05) is 55.7 Å². The van der Waals surface area contributed by atoms with E-state index in [0.29, 0.717) is 19.0 Å². The lowest BCUT2D eigenvalue weighted by Crippen LogP contribution is -2.43. The molecule has 0 aliphatic carbocycles. The van der Waals surface area contributed by atoms with Crippen LogP contribution in [0.15, 0.2) is 48.8 Å². The second-order valence-electron chi connectivity index (χ2n) is 7.45. The molecule has 1 aromatic heterocycles. The first-order valence-corrected chi connectivity index (χ1v) is 9.83. The van der Waals surface area contributed by atoms with E-state index in [1.165, 1.54) is 11.1 Å². The third-order valence-electron chi connectivity index (χ3n) is 5.19. The Hall–Kier alpha value is -2.73. The minimum atomic E-state index is -0.573. The van der Waals surface area contributed by atoms with Crippen molar-refractivity contribution in [2.75, 3.05) is 19.6 Å². The van der Waals surface area contributed by atoms with Crippen LogP contribution in [0.4, 0.5) is 0 Å². The first-order chi connectivity index (χ1) is 13.6. The Morgan fingerprint density at radius 2 is 1.61 bits per heavy atom.